The van der Waals surface area contributed by atoms with Crippen LogP contribution in [-0.2, 0) is 0 Å². The maximum absolute atomic E-state index is 13.7. The predicted octanol–water partition coefficient (Wildman–Crippen LogP) is 4.84. The Morgan fingerprint density at radius 2 is 1.72 bits per heavy atom. The molecule has 2 amide bonds. The van der Waals surface area contributed by atoms with E-state index >= 15 is 0 Å². The average Bonchev–Trinajstić information content (AvgIpc) is 3.26. The zero-order valence-corrected chi connectivity index (χ0v) is 16.2. The Kier molecular flexibility index (Phi) is 5.37. The van der Waals surface area contributed by atoms with Gasteiger partial charge in [0.1, 0.15) is 11.5 Å². The van der Waals surface area contributed by atoms with Crippen LogP contribution in [0.4, 0.5) is 26.4 Å². The maximum atomic E-state index is 13.7. The Balaban J connectivity index is 1.52. The molecule has 148 valence electrons. The lowest BCUT2D eigenvalue weighted by Gasteiger charge is -2.19. The molecule has 1 aromatic heterocycles. The van der Waals surface area contributed by atoms with Crippen molar-refractivity contribution in [1.82, 2.24) is 9.97 Å². The van der Waals surface area contributed by atoms with Crippen LogP contribution in [0.3, 0.4) is 0 Å². The van der Waals surface area contributed by atoms with Gasteiger partial charge in [0, 0.05) is 42.4 Å². The van der Waals surface area contributed by atoms with Crippen molar-refractivity contribution in [3.63, 3.8) is 0 Å². The van der Waals surface area contributed by atoms with Crippen LogP contribution >= 0.6 is 0 Å². The van der Waals surface area contributed by atoms with Crippen LogP contribution in [0, 0.1) is 12.7 Å². The van der Waals surface area contributed by atoms with Gasteiger partial charge in [-0.1, -0.05) is 18.2 Å². The van der Waals surface area contributed by atoms with Gasteiger partial charge in [0.05, 0.1) is 0 Å². The van der Waals surface area contributed by atoms with Gasteiger partial charge in [-0.25, -0.2) is 14.2 Å². The van der Waals surface area contributed by atoms with Crippen molar-refractivity contribution in [1.29, 1.82) is 0 Å². The Morgan fingerprint density at radius 3 is 2.48 bits per heavy atom. The summed E-state index contributed by atoms with van der Waals surface area (Å²) in [7, 11) is 0. The summed E-state index contributed by atoms with van der Waals surface area (Å²) >= 11 is 0. The van der Waals surface area contributed by atoms with E-state index in [1.165, 1.54) is 6.07 Å². The van der Waals surface area contributed by atoms with E-state index in [9.17, 15) is 9.18 Å². The Hall–Kier alpha value is -3.48. The minimum Gasteiger partial charge on any atom is -0.355 e. The summed E-state index contributed by atoms with van der Waals surface area (Å²) in [5.41, 5.74) is 3.21. The van der Waals surface area contributed by atoms with Crippen LogP contribution < -0.4 is 15.5 Å². The molecule has 1 fully saturated rings. The summed E-state index contributed by atoms with van der Waals surface area (Å²) in [6, 6.07) is 11.6. The summed E-state index contributed by atoms with van der Waals surface area (Å²) in [5.74, 6) is 0.503. The standard InChI is InChI=1S/C22H22FN5O/c1-15-7-8-18(14-19(15)23)27-22(29)26-17-6-4-5-16(13-17)20-21(25-10-9-24-20)28-11-2-3-12-28/h4-10,13-14H,2-3,11-12H2,1H3,(H2,26,27,29). The summed E-state index contributed by atoms with van der Waals surface area (Å²) in [6.45, 7) is 3.62. The first-order valence-corrected chi connectivity index (χ1v) is 9.61. The van der Waals surface area contributed by atoms with E-state index in [0.29, 0.717) is 16.9 Å². The molecule has 0 atom stereocenters. The first-order valence-electron chi connectivity index (χ1n) is 9.61. The molecule has 1 saturated heterocycles. The maximum Gasteiger partial charge on any atom is 0.323 e. The lowest BCUT2D eigenvalue weighted by molar-refractivity contribution is 0.262. The van der Waals surface area contributed by atoms with Crippen LogP contribution in [-0.4, -0.2) is 29.1 Å². The van der Waals surface area contributed by atoms with E-state index in [4.69, 9.17) is 0 Å². The third-order valence-electron chi connectivity index (χ3n) is 4.91. The third-order valence-corrected chi connectivity index (χ3v) is 4.91. The molecule has 2 aromatic carbocycles. The van der Waals surface area contributed by atoms with Crippen LogP contribution in [0.15, 0.2) is 54.9 Å². The molecule has 4 rings (SSSR count). The lowest BCUT2D eigenvalue weighted by Crippen LogP contribution is -2.20. The SMILES string of the molecule is Cc1ccc(NC(=O)Nc2cccc(-c3nccnc3N3CCCC3)c2)cc1F. The highest BCUT2D eigenvalue weighted by atomic mass is 19.1. The first-order chi connectivity index (χ1) is 14.1. The Morgan fingerprint density at radius 1 is 1.00 bits per heavy atom. The summed E-state index contributed by atoms with van der Waals surface area (Å²) < 4.78 is 13.7. The molecular weight excluding hydrogens is 369 g/mol. The molecule has 0 saturated carbocycles. The molecule has 2 heterocycles. The molecule has 2 N–H and O–H groups in total. The van der Waals surface area contributed by atoms with E-state index in [2.05, 4.69) is 25.5 Å². The number of hydrogen-bond donors (Lipinski definition) is 2. The quantitative estimate of drug-likeness (QED) is 0.668. The number of nitrogens with zero attached hydrogens (tertiary/aromatic N) is 3. The number of benzene rings is 2. The molecule has 29 heavy (non-hydrogen) atoms. The highest BCUT2D eigenvalue weighted by Gasteiger charge is 2.19. The highest BCUT2D eigenvalue weighted by molar-refractivity contribution is 6.00. The molecule has 3 aromatic rings. The van der Waals surface area contributed by atoms with E-state index in [0.717, 1.165) is 43.0 Å². The number of carbonyl (C=O) groups is 1. The van der Waals surface area contributed by atoms with Gasteiger partial charge in [0.25, 0.3) is 0 Å². The minimum absolute atomic E-state index is 0.359. The molecule has 6 nitrogen and oxygen atoms in total. The second-order valence-electron chi connectivity index (χ2n) is 7.05. The van der Waals surface area contributed by atoms with Crippen molar-refractivity contribution in [3.05, 3.63) is 66.2 Å². The summed E-state index contributed by atoms with van der Waals surface area (Å²) in [4.78, 5) is 23.6. The molecule has 7 heteroatoms. The zero-order valence-electron chi connectivity index (χ0n) is 16.2. The number of halogens is 1. The molecule has 0 unspecified atom stereocenters. The normalized spacial score (nSPS) is 13.4. The number of anilines is 3. The van der Waals surface area contributed by atoms with Gasteiger partial charge >= 0.3 is 6.03 Å². The fourth-order valence-corrected chi connectivity index (χ4v) is 3.40. The monoisotopic (exact) mass is 391 g/mol. The number of carbonyl (C=O) groups excluding carboxylic acids is 1. The number of rotatable bonds is 4. The number of aryl methyl sites for hydroxylation is 1. The number of amides is 2. The number of nitrogens with one attached hydrogen (secondary N) is 2. The fourth-order valence-electron chi connectivity index (χ4n) is 3.40. The minimum atomic E-state index is -0.440. The second-order valence-corrected chi connectivity index (χ2v) is 7.05. The van der Waals surface area contributed by atoms with Crippen LogP contribution in [0.2, 0.25) is 0 Å². The molecule has 0 aliphatic carbocycles. The summed E-state index contributed by atoms with van der Waals surface area (Å²) in [5, 5.41) is 5.44. The third kappa shape index (κ3) is 4.34. The van der Waals surface area contributed by atoms with Gasteiger partial charge in [-0.3, -0.25) is 4.98 Å². The van der Waals surface area contributed by atoms with E-state index < -0.39 is 6.03 Å². The van der Waals surface area contributed by atoms with Crippen molar-refractivity contribution >= 4 is 23.2 Å². The molecule has 1 aliphatic heterocycles. The second kappa shape index (κ2) is 8.26. The van der Waals surface area contributed by atoms with Gasteiger partial charge in [0.2, 0.25) is 0 Å². The fraction of sp³-hybridized carbons (Fsp3) is 0.227. The van der Waals surface area contributed by atoms with Gasteiger partial charge in [0.15, 0.2) is 5.82 Å². The zero-order chi connectivity index (χ0) is 20.2. The van der Waals surface area contributed by atoms with Crippen molar-refractivity contribution in [2.45, 2.75) is 19.8 Å². The largest absolute Gasteiger partial charge is 0.355 e. The molecule has 0 bridgehead atoms. The smallest absolute Gasteiger partial charge is 0.323 e. The lowest BCUT2D eigenvalue weighted by atomic mass is 10.1. The molecule has 0 spiro atoms. The molecule has 0 radical (unpaired) electrons. The van der Waals surface area contributed by atoms with E-state index in [-0.39, 0.29) is 5.82 Å². The van der Waals surface area contributed by atoms with Crippen LogP contribution in [0.5, 0.6) is 0 Å². The van der Waals surface area contributed by atoms with Gasteiger partial charge in [-0.2, -0.15) is 0 Å². The van der Waals surface area contributed by atoms with Crippen molar-refractivity contribution in [2.24, 2.45) is 0 Å². The van der Waals surface area contributed by atoms with Crippen LogP contribution in [0.25, 0.3) is 11.3 Å². The highest BCUT2D eigenvalue weighted by Crippen LogP contribution is 2.30. The summed E-state index contributed by atoms with van der Waals surface area (Å²) in [6.07, 6.45) is 5.68. The van der Waals surface area contributed by atoms with Gasteiger partial charge in [-0.15, -0.1) is 0 Å². The average molecular weight is 391 g/mol. The predicted molar refractivity (Wildman–Crippen MR) is 113 cm³/mol. The first kappa shape index (κ1) is 18.9. The number of urea groups is 1. The topological polar surface area (TPSA) is 70.1 Å². The molecular formula is C22H22FN5O. The number of aromatic nitrogens is 2. The molecule has 1 aliphatic rings. The van der Waals surface area contributed by atoms with Crippen molar-refractivity contribution in [2.75, 3.05) is 28.6 Å². The number of hydrogen-bond acceptors (Lipinski definition) is 4. The van der Waals surface area contributed by atoms with E-state index in [1.54, 1.807) is 37.5 Å². The van der Waals surface area contributed by atoms with Gasteiger partial charge in [-0.05, 0) is 49.6 Å². The van der Waals surface area contributed by atoms with E-state index in [1.807, 2.05) is 18.2 Å². The Bertz CT molecular complexity index is 1030. The van der Waals surface area contributed by atoms with Gasteiger partial charge < -0.3 is 15.5 Å². The van der Waals surface area contributed by atoms with Crippen molar-refractivity contribution < 1.29 is 9.18 Å². The van der Waals surface area contributed by atoms with Crippen LogP contribution in [0.1, 0.15) is 18.4 Å². The van der Waals surface area contributed by atoms with Crippen molar-refractivity contribution in [3.8, 4) is 11.3 Å². The Labute approximate surface area is 168 Å².